The van der Waals surface area contributed by atoms with Crippen LogP contribution in [0.3, 0.4) is 0 Å². The number of rotatable bonds is 5. The van der Waals surface area contributed by atoms with Crippen molar-refractivity contribution < 1.29 is 0 Å². The number of aryl methyl sites for hydroxylation is 1. The van der Waals surface area contributed by atoms with Gasteiger partial charge in [-0.05, 0) is 53.4 Å². The molecule has 1 aromatic heterocycles. The third-order valence-electron chi connectivity index (χ3n) is 4.87. The van der Waals surface area contributed by atoms with E-state index in [-0.39, 0.29) is 0 Å². The number of hydrogen-bond acceptors (Lipinski definition) is 4. The summed E-state index contributed by atoms with van der Waals surface area (Å²) in [6.45, 7) is 2.08. The summed E-state index contributed by atoms with van der Waals surface area (Å²) in [7, 11) is 0. The lowest BCUT2D eigenvalue weighted by molar-refractivity contribution is 0.744. The fourth-order valence-corrected chi connectivity index (χ4v) is 4.04. The maximum absolute atomic E-state index is 4.77. The molecule has 3 aromatic rings. The van der Waals surface area contributed by atoms with Crippen LogP contribution in [0.15, 0.2) is 59.1 Å². The van der Waals surface area contributed by atoms with Gasteiger partial charge in [0.1, 0.15) is 5.82 Å². The van der Waals surface area contributed by atoms with Crippen LogP contribution < -0.4 is 10.6 Å². The van der Waals surface area contributed by atoms with Gasteiger partial charge in [0.2, 0.25) is 5.95 Å². The number of nitrogens with zero attached hydrogens (tertiary/aromatic N) is 2. The zero-order chi connectivity index (χ0) is 18.6. The molecule has 0 unspecified atom stereocenters. The molecule has 0 saturated heterocycles. The van der Waals surface area contributed by atoms with Gasteiger partial charge in [0, 0.05) is 22.1 Å². The van der Waals surface area contributed by atoms with Crippen molar-refractivity contribution in [2.45, 2.75) is 38.6 Å². The van der Waals surface area contributed by atoms with Gasteiger partial charge >= 0.3 is 0 Å². The molecule has 0 amide bonds. The highest BCUT2D eigenvalue weighted by Gasteiger charge is 2.17. The molecule has 0 bridgehead atoms. The van der Waals surface area contributed by atoms with E-state index in [0.717, 1.165) is 27.2 Å². The predicted octanol–water partition coefficient (Wildman–Crippen LogP) is 6.31. The Labute approximate surface area is 168 Å². The van der Waals surface area contributed by atoms with E-state index in [1.54, 1.807) is 0 Å². The molecule has 1 aliphatic rings. The number of aromatic nitrogens is 2. The number of nitrogens with one attached hydrogen (secondary N) is 2. The normalized spacial score (nSPS) is 14.3. The van der Waals surface area contributed by atoms with Gasteiger partial charge in [-0.2, -0.15) is 4.98 Å². The van der Waals surface area contributed by atoms with Crippen LogP contribution >= 0.6 is 15.9 Å². The van der Waals surface area contributed by atoms with E-state index in [1.165, 1.54) is 31.2 Å². The number of anilines is 3. The van der Waals surface area contributed by atoms with Crippen LogP contribution in [0.1, 0.15) is 31.2 Å². The molecule has 1 fully saturated rings. The van der Waals surface area contributed by atoms with Crippen LogP contribution in [-0.2, 0) is 0 Å². The van der Waals surface area contributed by atoms with Crippen molar-refractivity contribution in [3.8, 4) is 11.3 Å². The second-order valence-electron chi connectivity index (χ2n) is 7.06. The van der Waals surface area contributed by atoms with E-state index < -0.39 is 0 Å². The van der Waals surface area contributed by atoms with Gasteiger partial charge in [-0.15, -0.1) is 0 Å². The van der Waals surface area contributed by atoms with E-state index in [2.05, 4.69) is 63.8 Å². The molecule has 0 spiro atoms. The Hall–Kier alpha value is -2.40. The van der Waals surface area contributed by atoms with Gasteiger partial charge in [0.15, 0.2) is 0 Å². The van der Waals surface area contributed by atoms with E-state index >= 15 is 0 Å². The van der Waals surface area contributed by atoms with E-state index in [4.69, 9.17) is 9.97 Å². The van der Waals surface area contributed by atoms with Crippen LogP contribution in [0.5, 0.6) is 0 Å². The van der Waals surface area contributed by atoms with Gasteiger partial charge < -0.3 is 10.6 Å². The topological polar surface area (TPSA) is 49.8 Å². The van der Waals surface area contributed by atoms with Crippen LogP contribution in [0.2, 0.25) is 0 Å². The lowest BCUT2D eigenvalue weighted by Gasteiger charge is -2.15. The lowest BCUT2D eigenvalue weighted by atomic mass is 10.1. The summed E-state index contributed by atoms with van der Waals surface area (Å²) in [6, 6.07) is 19.0. The fraction of sp³-hybridized carbons (Fsp3) is 0.273. The first-order valence-corrected chi connectivity index (χ1v) is 10.2. The van der Waals surface area contributed by atoms with Crippen molar-refractivity contribution in [1.82, 2.24) is 9.97 Å². The van der Waals surface area contributed by atoms with Gasteiger partial charge in [-0.1, -0.05) is 49.2 Å². The van der Waals surface area contributed by atoms with Gasteiger partial charge in [-0.3, -0.25) is 0 Å². The Morgan fingerprint density at radius 3 is 2.48 bits per heavy atom. The second kappa shape index (κ2) is 8.09. The fourth-order valence-electron chi connectivity index (χ4n) is 3.44. The minimum absolute atomic E-state index is 0.468. The monoisotopic (exact) mass is 422 g/mol. The molecule has 2 N–H and O–H groups in total. The Morgan fingerprint density at radius 2 is 1.74 bits per heavy atom. The van der Waals surface area contributed by atoms with Crippen molar-refractivity contribution in [1.29, 1.82) is 0 Å². The van der Waals surface area contributed by atoms with Crippen LogP contribution in [0.4, 0.5) is 17.5 Å². The van der Waals surface area contributed by atoms with Gasteiger partial charge in [0.05, 0.1) is 11.4 Å². The Morgan fingerprint density at radius 1 is 0.963 bits per heavy atom. The third kappa shape index (κ3) is 4.48. The zero-order valence-corrected chi connectivity index (χ0v) is 17.0. The highest BCUT2D eigenvalue weighted by atomic mass is 79.9. The van der Waals surface area contributed by atoms with E-state index in [9.17, 15) is 0 Å². The third-order valence-corrected chi connectivity index (χ3v) is 5.53. The molecule has 27 heavy (non-hydrogen) atoms. The number of benzene rings is 2. The molecule has 0 aliphatic heterocycles. The maximum atomic E-state index is 4.77. The first-order valence-electron chi connectivity index (χ1n) is 9.41. The second-order valence-corrected chi connectivity index (χ2v) is 7.92. The quantitative estimate of drug-likeness (QED) is 0.505. The van der Waals surface area contributed by atoms with Crippen molar-refractivity contribution in [3.05, 3.63) is 64.6 Å². The molecular formula is C22H23BrN4. The molecular weight excluding hydrogens is 400 g/mol. The molecule has 1 aliphatic carbocycles. The van der Waals surface area contributed by atoms with Crippen LogP contribution in [-0.4, -0.2) is 16.0 Å². The van der Waals surface area contributed by atoms with Crippen molar-refractivity contribution in [3.63, 3.8) is 0 Å². The molecule has 2 aromatic carbocycles. The minimum Gasteiger partial charge on any atom is -0.351 e. The van der Waals surface area contributed by atoms with Gasteiger partial charge in [-0.25, -0.2) is 4.98 Å². The summed E-state index contributed by atoms with van der Waals surface area (Å²) >= 11 is 3.64. The lowest BCUT2D eigenvalue weighted by Crippen LogP contribution is -2.17. The molecule has 1 heterocycles. The molecule has 138 valence electrons. The number of halogens is 1. The SMILES string of the molecule is Cc1ccc(Nc2cc(-c3ccccc3)nc(NC3CCCC3)n2)c(Br)c1. The molecule has 4 rings (SSSR count). The Balaban J connectivity index is 1.68. The standard InChI is InChI=1S/C22H23BrN4/c1-15-11-12-19(18(23)13-15)25-21-14-20(16-7-3-2-4-8-16)26-22(27-21)24-17-9-5-6-10-17/h2-4,7-8,11-14,17H,5-6,9-10H2,1H3,(H2,24,25,26,27). The highest BCUT2D eigenvalue weighted by molar-refractivity contribution is 9.10. The smallest absolute Gasteiger partial charge is 0.225 e. The first kappa shape index (κ1) is 18.0. The van der Waals surface area contributed by atoms with Crippen molar-refractivity contribution in [2.75, 3.05) is 10.6 Å². The van der Waals surface area contributed by atoms with Gasteiger partial charge in [0.25, 0.3) is 0 Å². The molecule has 0 atom stereocenters. The first-order chi connectivity index (χ1) is 13.2. The maximum Gasteiger partial charge on any atom is 0.225 e. The summed E-state index contributed by atoms with van der Waals surface area (Å²) < 4.78 is 1.02. The van der Waals surface area contributed by atoms with E-state index in [0.29, 0.717) is 12.0 Å². The van der Waals surface area contributed by atoms with Crippen LogP contribution in [0.25, 0.3) is 11.3 Å². The average Bonchev–Trinajstić information content (AvgIpc) is 3.18. The summed E-state index contributed by atoms with van der Waals surface area (Å²) in [5.74, 6) is 1.47. The summed E-state index contributed by atoms with van der Waals surface area (Å²) in [5.41, 5.74) is 4.20. The molecule has 0 radical (unpaired) electrons. The molecule has 1 saturated carbocycles. The molecule has 5 heteroatoms. The summed E-state index contributed by atoms with van der Waals surface area (Å²) in [5, 5.41) is 6.96. The summed E-state index contributed by atoms with van der Waals surface area (Å²) in [6.07, 6.45) is 4.92. The molecule has 4 nitrogen and oxygen atoms in total. The van der Waals surface area contributed by atoms with Crippen LogP contribution in [0, 0.1) is 6.92 Å². The zero-order valence-electron chi connectivity index (χ0n) is 15.4. The van der Waals surface area contributed by atoms with Crippen molar-refractivity contribution in [2.24, 2.45) is 0 Å². The highest BCUT2D eigenvalue weighted by Crippen LogP contribution is 2.29. The Bertz CT molecular complexity index is 921. The van der Waals surface area contributed by atoms with Crippen molar-refractivity contribution >= 4 is 33.4 Å². The largest absolute Gasteiger partial charge is 0.351 e. The van der Waals surface area contributed by atoms with E-state index in [1.807, 2.05) is 24.3 Å². The summed E-state index contributed by atoms with van der Waals surface area (Å²) in [4.78, 5) is 9.50. The number of hydrogen-bond donors (Lipinski definition) is 2. The average molecular weight is 423 g/mol. The predicted molar refractivity (Wildman–Crippen MR) is 116 cm³/mol. The Kier molecular flexibility index (Phi) is 5.39. The minimum atomic E-state index is 0.468.